The highest BCUT2D eigenvalue weighted by atomic mass is 15.1. The lowest BCUT2D eigenvalue weighted by Gasteiger charge is -2.25. The first-order valence-electron chi connectivity index (χ1n) is 5.14. The molecule has 1 heterocycles. The van der Waals surface area contributed by atoms with E-state index in [1.54, 1.807) is 6.20 Å². The second-order valence-corrected chi connectivity index (χ2v) is 3.84. The van der Waals surface area contributed by atoms with Gasteiger partial charge in [0.15, 0.2) is 0 Å². The fourth-order valence-corrected chi connectivity index (χ4v) is 1.69. The van der Waals surface area contributed by atoms with E-state index < -0.39 is 0 Å². The molecule has 0 radical (unpaired) electrons. The molecule has 2 rings (SSSR count). The van der Waals surface area contributed by atoms with Crippen LogP contribution in [0.25, 0.3) is 0 Å². The maximum Gasteiger partial charge on any atom is 0.0490 e. The summed E-state index contributed by atoms with van der Waals surface area (Å²) in [6.07, 6.45) is 7.49. The maximum absolute atomic E-state index is 3.90. The molecule has 1 aliphatic rings. The highest BCUT2D eigenvalue weighted by Gasteiger charge is 2.15. The van der Waals surface area contributed by atoms with E-state index in [1.807, 2.05) is 6.07 Å². The first-order chi connectivity index (χ1) is 6.45. The molecule has 1 aliphatic carbocycles. The van der Waals surface area contributed by atoms with Crippen molar-refractivity contribution in [2.75, 3.05) is 6.54 Å². The zero-order valence-electron chi connectivity index (χ0n) is 7.92. The van der Waals surface area contributed by atoms with Crippen LogP contribution in [0, 0.1) is 5.92 Å². The molecule has 72 valence electrons. The minimum absolute atomic E-state index is 0.923. The standard InChI is InChI=1S/C10H17N3/c1-2-9(3-1)4-6-11-8-10-5-7-12-13-10/h5,7,9,11H,1-4,6,8H2,(H,12,13). The number of H-pyrrole nitrogens is 1. The van der Waals surface area contributed by atoms with Crippen molar-refractivity contribution in [2.45, 2.75) is 32.2 Å². The second kappa shape index (κ2) is 4.42. The Morgan fingerprint density at radius 3 is 3.08 bits per heavy atom. The topological polar surface area (TPSA) is 40.7 Å². The van der Waals surface area contributed by atoms with E-state index in [0.717, 1.165) is 19.0 Å². The van der Waals surface area contributed by atoms with Crippen LogP contribution < -0.4 is 5.32 Å². The fourth-order valence-electron chi connectivity index (χ4n) is 1.69. The monoisotopic (exact) mass is 179 g/mol. The van der Waals surface area contributed by atoms with Crippen molar-refractivity contribution in [1.82, 2.24) is 15.5 Å². The van der Waals surface area contributed by atoms with E-state index in [9.17, 15) is 0 Å². The molecule has 1 fully saturated rings. The normalized spacial score (nSPS) is 17.2. The number of hydrogen-bond donors (Lipinski definition) is 2. The molecule has 3 heteroatoms. The molecular weight excluding hydrogens is 162 g/mol. The second-order valence-electron chi connectivity index (χ2n) is 3.84. The molecule has 0 amide bonds. The Morgan fingerprint density at radius 2 is 2.46 bits per heavy atom. The summed E-state index contributed by atoms with van der Waals surface area (Å²) in [5, 5.41) is 10.3. The van der Waals surface area contributed by atoms with Crippen molar-refractivity contribution in [3.05, 3.63) is 18.0 Å². The predicted molar refractivity (Wildman–Crippen MR) is 52.3 cm³/mol. The third-order valence-corrected chi connectivity index (χ3v) is 2.83. The van der Waals surface area contributed by atoms with Crippen LogP contribution in [0.4, 0.5) is 0 Å². The van der Waals surface area contributed by atoms with Crippen molar-refractivity contribution < 1.29 is 0 Å². The van der Waals surface area contributed by atoms with Gasteiger partial charge in [-0.1, -0.05) is 19.3 Å². The predicted octanol–water partition coefficient (Wildman–Crippen LogP) is 1.69. The summed E-state index contributed by atoms with van der Waals surface area (Å²) in [6.45, 7) is 2.07. The van der Waals surface area contributed by atoms with E-state index in [4.69, 9.17) is 0 Å². The van der Waals surface area contributed by atoms with Gasteiger partial charge in [-0.25, -0.2) is 0 Å². The van der Waals surface area contributed by atoms with Crippen LogP contribution in [0.15, 0.2) is 12.3 Å². The summed E-state index contributed by atoms with van der Waals surface area (Å²) in [7, 11) is 0. The minimum Gasteiger partial charge on any atom is -0.311 e. The Bertz CT molecular complexity index is 226. The van der Waals surface area contributed by atoms with Gasteiger partial charge in [0.25, 0.3) is 0 Å². The average Bonchev–Trinajstić information content (AvgIpc) is 2.53. The molecule has 0 spiro atoms. The van der Waals surface area contributed by atoms with Crippen LogP contribution in [-0.2, 0) is 6.54 Å². The van der Waals surface area contributed by atoms with Crippen molar-refractivity contribution in [1.29, 1.82) is 0 Å². The zero-order valence-corrected chi connectivity index (χ0v) is 7.92. The zero-order chi connectivity index (χ0) is 8.93. The number of aromatic nitrogens is 2. The lowest BCUT2D eigenvalue weighted by atomic mass is 9.83. The molecule has 3 nitrogen and oxygen atoms in total. The van der Waals surface area contributed by atoms with Crippen LogP contribution in [0.5, 0.6) is 0 Å². The van der Waals surface area contributed by atoms with Gasteiger partial charge in [0.05, 0.1) is 0 Å². The van der Waals surface area contributed by atoms with Gasteiger partial charge in [-0.15, -0.1) is 0 Å². The number of rotatable bonds is 5. The van der Waals surface area contributed by atoms with E-state index in [2.05, 4.69) is 15.5 Å². The van der Waals surface area contributed by atoms with Crippen LogP contribution >= 0.6 is 0 Å². The lowest BCUT2D eigenvalue weighted by molar-refractivity contribution is 0.292. The Hall–Kier alpha value is -0.830. The lowest BCUT2D eigenvalue weighted by Crippen LogP contribution is -2.21. The third-order valence-electron chi connectivity index (χ3n) is 2.83. The highest BCUT2D eigenvalue weighted by molar-refractivity contribution is 4.96. The molecule has 0 bridgehead atoms. The minimum atomic E-state index is 0.923. The van der Waals surface area contributed by atoms with E-state index in [1.165, 1.54) is 31.4 Å². The van der Waals surface area contributed by atoms with Crippen LogP contribution in [0.2, 0.25) is 0 Å². The molecule has 0 saturated heterocycles. The summed E-state index contributed by atoms with van der Waals surface area (Å²) < 4.78 is 0. The molecule has 0 unspecified atom stereocenters. The van der Waals surface area contributed by atoms with Gasteiger partial charge < -0.3 is 5.32 Å². The van der Waals surface area contributed by atoms with Gasteiger partial charge in [-0.05, 0) is 24.9 Å². The summed E-state index contributed by atoms with van der Waals surface area (Å²) in [6, 6.07) is 2.01. The van der Waals surface area contributed by atoms with E-state index in [-0.39, 0.29) is 0 Å². The van der Waals surface area contributed by atoms with Crippen LogP contribution in [0.3, 0.4) is 0 Å². The Balaban J connectivity index is 1.53. The van der Waals surface area contributed by atoms with E-state index in [0.29, 0.717) is 0 Å². The number of aromatic amines is 1. The number of hydrogen-bond acceptors (Lipinski definition) is 2. The highest BCUT2D eigenvalue weighted by Crippen LogP contribution is 2.28. The van der Waals surface area contributed by atoms with Gasteiger partial charge in [0, 0.05) is 18.4 Å². The van der Waals surface area contributed by atoms with E-state index >= 15 is 0 Å². The van der Waals surface area contributed by atoms with Crippen molar-refractivity contribution in [2.24, 2.45) is 5.92 Å². The number of nitrogens with one attached hydrogen (secondary N) is 2. The summed E-state index contributed by atoms with van der Waals surface area (Å²) in [4.78, 5) is 0. The summed E-state index contributed by atoms with van der Waals surface area (Å²) in [5.74, 6) is 1.01. The molecular formula is C10H17N3. The van der Waals surface area contributed by atoms with Crippen molar-refractivity contribution in [3.63, 3.8) is 0 Å². The SMILES string of the molecule is c1cc(CNCCC2CCC2)[nH]n1. The van der Waals surface area contributed by atoms with Gasteiger partial charge >= 0.3 is 0 Å². The van der Waals surface area contributed by atoms with Gasteiger partial charge in [0.2, 0.25) is 0 Å². The van der Waals surface area contributed by atoms with Crippen LogP contribution in [0.1, 0.15) is 31.4 Å². The van der Waals surface area contributed by atoms with Gasteiger partial charge in [-0.3, -0.25) is 5.10 Å². The Kier molecular flexibility index (Phi) is 2.98. The third kappa shape index (κ3) is 2.56. The first-order valence-corrected chi connectivity index (χ1v) is 5.14. The molecule has 2 N–H and O–H groups in total. The Morgan fingerprint density at radius 1 is 1.54 bits per heavy atom. The quantitative estimate of drug-likeness (QED) is 0.675. The van der Waals surface area contributed by atoms with Crippen LogP contribution in [-0.4, -0.2) is 16.7 Å². The maximum atomic E-state index is 3.90. The molecule has 13 heavy (non-hydrogen) atoms. The summed E-state index contributed by atoms with van der Waals surface area (Å²) >= 11 is 0. The average molecular weight is 179 g/mol. The van der Waals surface area contributed by atoms with Gasteiger partial charge in [0.1, 0.15) is 0 Å². The molecule has 0 aliphatic heterocycles. The first kappa shape index (κ1) is 8.75. The molecule has 1 aromatic heterocycles. The smallest absolute Gasteiger partial charge is 0.0490 e. The number of nitrogens with zero attached hydrogens (tertiary/aromatic N) is 1. The molecule has 0 aromatic carbocycles. The summed E-state index contributed by atoms with van der Waals surface area (Å²) in [5.41, 5.74) is 1.17. The molecule has 1 saturated carbocycles. The fraction of sp³-hybridized carbons (Fsp3) is 0.700. The van der Waals surface area contributed by atoms with Gasteiger partial charge in [-0.2, -0.15) is 5.10 Å². The largest absolute Gasteiger partial charge is 0.311 e. The van der Waals surface area contributed by atoms with Crippen molar-refractivity contribution >= 4 is 0 Å². The Labute approximate surface area is 78.9 Å². The van der Waals surface area contributed by atoms with Crippen molar-refractivity contribution in [3.8, 4) is 0 Å². The molecule has 1 aromatic rings. The molecule has 0 atom stereocenters.